The van der Waals surface area contributed by atoms with E-state index in [-0.39, 0.29) is 16.5 Å². The fourth-order valence-corrected chi connectivity index (χ4v) is 3.63. The molecule has 1 saturated heterocycles. The molecule has 1 aromatic carbocycles. The van der Waals surface area contributed by atoms with E-state index in [1.54, 1.807) is 0 Å². The Hall–Kier alpha value is -2.11. The molecule has 1 atom stereocenters. The summed E-state index contributed by atoms with van der Waals surface area (Å²) in [6.45, 7) is 2.66. The van der Waals surface area contributed by atoms with Crippen LogP contribution in [-0.2, 0) is 6.54 Å². The highest BCUT2D eigenvalue weighted by Gasteiger charge is 2.22. The molecule has 2 aromatic rings. The molecule has 1 unspecified atom stereocenters. The third kappa shape index (κ3) is 4.96. The molecule has 0 saturated carbocycles. The first-order chi connectivity index (χ1) is 12.6. The van der Waals surface area contributed by atoms with Gasteiger partial charge in [0.15, 0.2) is 0 Å². The minimum atomic E-state index is -0.387. The Morgan fingerprint density at radius 1 is 1.27 bits per heavy atom. The molecule has 2 N–H and O–H groups in total. The van der Waals surface area contributed by atoms with E-state index in [2.05, 4.69) is 39.5 Å². The average molecular weight is 374 g/mol. The molecule has 0 aliphatic carbocycles. The van der Waals surface area contributed by atoms with Gasteiger partial charge >= 0.3 is 0 Å². The van der Waals surface area contributed by atoms with Crippen molar-refractivity contribution < 1.29 is 4.79 Å². The summed E-state index contributed by atoms with van der Waals surface area (Å²) in [7, 11) is 0. The smallest absolute Gasteiger partial charge is 0.266 e. The van der Waals surface area contributed by atoms with Crippen LogP contribution in [-0.4, -0.2) is 34.9 Å². The second-order valence-corrected chi connectivity index (χ2v) is 7.12. The Morgan fingerprint density at radius 3 is 2.85 bits per heavy atom. The number of pyridine rings is 1. The Bertz CT molecular complexity index is 791. The molecule has 0 radical (unpaired) electrons. The van der Waals surface area contributed by atoms with Crippen molar-refractivity contribution in [3.63, 3.8) is 0 Å². The Balaban J connectivity index is 1.52. The molecule has 5 nitrogen and oxygen atoms in total. The van der Waals surface area contributed by atoms with Crippen molar-refractivity contribution in [2.75, 3.05) is 13.1 Å². The van der Waals surface area contributed by atoms with Crippen molar-refractivity contribution >= 4 is 17.5 Å². The second-order valence-electron chi connectivity index (χ2n) is 6.72. The number of piperidine rings is 1. The predicted octanol–water partition coefficient (Wildman–Crippen LogP) is 3.20. The lowest BCUT2D eigenvalue weighted by Gasteiger charge is -2.36. The Morgan fingerprint density at radius 2 is 2.08 bits per heavy atom. The molecule has 0 spiro atoms. The quantitative estimate of drug-likeness (QED) is 0.817. The number of aromatic nitrogens is 1. The van der Waals surface area contributed by atoms with Gasteiger partial charge < -0.3 is 10.3 Å². The summed E-state index contributed by atoms with van der Waals surface area (Å²) in [4.78, 5) is 28.5. The maximum atomic E-state index is 12.2. The molecule has 2 heterocycles. The summed E-state index contributed by atoms with van der Waals surface area (Å²) in [6.07, 6.45) is 5.93. The van der Waals surface area contributed by atoms with E-state index in [9.17, 15) is 9.59 Å². The fourth-order valence-electron chi connectivity index (χ4n) is 3.45. The monoisotopic (exact) mass is 373 g/mol. The lowest BCUT2D eigenvalue weighted by atomic mass is 9.98. The van der Waals surface area contributed by atoms with Gasteiger partial charge in [-0.05, 0) is 37.4 Å². The van der Waals surface area contributed by atoms with Gasteiger partial charge in [-0.1, -0.05) is 48.4 Å². The van der Waals surface area contributed by atoms with Crippen LogP contribution in [0.5, 0.6) is 0 Å². The number of carbonyl (C=O) groups excluding carboxylic acids is 1. The Kier molecular flexibility index (Phi) is 6.47. The molecule has 1 aliphatic heterocycles. The minimum absolute atomic E-state index is 0.0268. The van der Waals surface area contributed by atoms with Gasteiger partial charge in [0.1, 0.15) is 5.02 Å². The van der Waals surface area contributed by atoms with Crippen LogP contribution in [0, 0.1) is 0 Å². The number of benzene rings is 1. The summed E-state index contributed by atoms with van der Waals surface area (Å²) < 4.78 is 0. The number of likely N-dealkylation sites (tertiary alicyclic amines) is 1. The first kappa shape index (κ1) is 18.7. The number of amides is 1. The number of carbonyl (C=O) groups is 1. The zero-order chi connectivity index (χ0) is 18.4. The highest BCUT2D eigenvalue weighted by molar-refractivity contribution is 6.30. The van der Waals surface area contributed by atoms with Crippen molar-refractivity contribution in [3.8, 4) is 0 Å². The van der Waals surface area contributed by atoms with Crippen LogP contribution in [0.4, 0.5) is 0 Å². The van der Waals surface area contributed by atoms with E-state index in [0.29, 0.717) is 18.2 Å². The van der Waals surface area contributed by atoms with Gasteiger partial charge in [-0.15, -0.1) is 0 Å². The number of halogens is 1. The average Bonchev–Trinajstić information content (AvgIpc) is 2.66. The van der Waals surface area contributed by atoms with Gasteiger partial charge in [-0.2, -0.15) is 0 Å². The van der Waals surface area contributed by atoms with Gasteiger partial charge in [-0.25, -0.2) is 0 Å². The molecule has 138 valence electrons. The summed E-state index contributed by atoms with van der Waals surface area (Å²) in [6, 6.07) is 12.4. The zero-order valence-corrected chi connectivity index (χ0v) is 15.5. The van der Waals surface area contributed by atoms with Crippen molar-refractivity contribution in [1.82, 2.24) is 15.2 Å². The molecule has 1 amide bonds. The fraction of sp³-hybridized carbons (Fsp3) is 0.400. The molecule has 26 heavy (non-hydrogen) atoms. The number of H-pyrrole nitrogens is 1. The predicted molar refractivity (Wildman–Crippen MR) is 104 cm³/mol. The van der Waals surface area contributed by atoms with E-state index in [0.717, 1.165) is 25.9 Å². The first-order valence-electron chi connectivity index (χ1n) is 9.08. The standard InChI is InChI=1S/C20H24ClN3O2/c21-18-12-16(13-23-20(18)26)19(25)22-10-9-17-8-4-5-11-24(17)14-15-6-2-1-3-7-15/h1-3,6-7,12-13,17H,4-5,8-11,14H2,(H,22,25)(H,23,26). The molecule has 6 heteroatoms. The minimum Gasteiger partial charge on any atom is -0.352 e. The van der Waals surface area contributed by atoms with Crippen LogP contribution >= 0.6 is 11.6 Å². The molecule has 1 aromatic heterocycles. The summed E-state index contributed by atoms with van der Waals surface area (Å²) in [5.41, 5.74) is 1.31. The number of nitrogens with one attached hydrogen (secondary N) is 2. The van der Waals surface area contributed by atoms with Gasteiger partial charge in [0.2, 0.25) is 0 Å². The summed E-state index contributed by atoms with van der Waals surface area (Å²) >= 11 is 5.78. The van der Waals surface area contributed by atoms with E-state index in [1.165, 1.54) is 30.7 Å². The largest absolute Gasteiger partial charge is 0.352 e. The van der Waals surface area contributed by atoms with Crippen molar-refractivity contribution in [3.05, 3.63) is 69.1 Å². The maximum absolute atomic E-state index is 12.2. The Labute approximate surface area is 158 Å². The summed E-state index contributed by atoms with van der Waals surface area (Å²) in [5, 5.41) is 2.96. The zero-order valence-electron chi connectivity index (χ0n) is 14.7. The lowest BCUT2D eigenvalue weighted by Crippen LogP contribution is -2.41. The van der Waals surface area contributed by atoms with Crippen LogP contribution in [0.3, 0.4) is 0 Å². The van der Waals surface area contributed by atoms with Crippen LogP contribution in [0.15, 0.2) is 47.4 Å². The van der Waals surface area contributed by atoms with E-state index in [1.807, 2.05) is 6.07 Å². The van der Waals surface area contributed by atoms with Crippen LogP contribution in [0.25, 0.3) is 0 Å². The molecular formula is C20H24ClN3O2. The van der Waals surface area contributed by atoms with Crippen molar-refractivity contribution in [2.24, 2.45) is 0 Å². The number of rotatable bonds is 6. The molecule has 3 rings (SSSR count). The number of hydrogen-bond acceptors (Lipinski definition) is 3. The maximum Gasteiger partial charge on any atom is 0.266 e. The van der Waals surface area contributed by atoms with Gasteiger partial charge in [-0.3, -0.25) is 14.5 Å². The van der Waals surface area contributed by atoms with Gasteiger partial charge in [0.05, 0.1) is 5.56 Å². The highest BCUT2D eigenvalue weighted by atomic mass is 35.5. The molecule has 1 fully saturated rings. The first-order valence-corrected chi connectivity index (χ1v) is 9.45. The molecule has 1 aliphatic rings. The number of aromatic amines is 1. The SMILES string of the molecule is O=C(NCCC1CCCCN1Cc1ccccc1)c1c[nH]c(=O)c(Cl)c1. The van der Waals surface area contributed by atoms with Crippen LogP contribution in [0.2, 0.25) is 5.02 Å². The van der Waals surface area contributed by atoms with Crippen molar-refractivity contribution in [2.45, 2.75) is 38.3 Å². The van der Waals surface area contributed by atoms with E-state index in [4.69, 9.17) is 11.6 Å². The lowest BCUT2D eigenvalue weighted by molar-refractivity contribution is 0.0936. The normalized spacial score (nSPS) is 17.8. The number of nitrogens with zero attached hydrogens (tertiary/aromatic N) is 1. The van der Waals surface area contributed by atoms with Crippen LogP contribution < -0.4 is 10.9 Å². The summed E-state index contributed by atoms with van der Waals surface area (Å²) in [5.74, 6) is -0.214. The van der Waals surface area contributed by atoms with Gasteiger partial charge in [0, 0.05) is 25.3 Å². The third-order valence-corrected chi connectivity index (χ3v) is 5.14. The molecule has 0 bridgehead atoms. The topological polar surface area (TPSA) is 65.2 Å². The van der Waals surface area contributed by atoms with Crippen molar-refractivity contribution in [1.29, 1.82) is 0 Å². The van der Waals surface area contributed by atoms with Gasteiger partial charge in [0.25, 0.3) is 11.5 Å². The molecular weight excluding hydrogens is 350 g/mol. The number of hydrogen-bond donors (Lipinski definition) is 2. The van der Waals surface area contributed by atoms with E-state index < -0.39 is 0 Å². The second kappa shape index (κ2) is 9.01. The van der Waals surface area contributed by atoms with E-state index >= 15 is 0 Å². The third-order valence-electron chi connectivity index (χ3n) is 4.86. The highest BCUT2D eigenvalue weighted by Crippen LogP contribution is 2.21. The van der Waals surface area contributed by atoms with Crippen LogP contribution in [0.1, 0.15) is 41.6 Å².